The summed E-state index contributed by atoms with van der Waals surface area (Å²) in [5.41, 5.74) is 0.112. The van der Waals surface area contributed by atoms with Crippen LogP contribution in [0.15, 0.2) is 30.5 Å². The Labute approximate surface area is 126 Å². The highest BCUT2D eigenvalue weighted by atomic mass is 16.5. The average Bonchev–Trinajstić information content (AvgIpc) is 2.42. The van der Waals surface area contributed by atoms with Crippen molar-refractivity contribution in [2.45, 2.75) is 33.3 Å². The topological polar surface area (TPSA) is 54.4 Å². The minimum absolute atomic E-state index is 0.112. The maximum atomic E-state index is 10.1. The highest BCUT2D eigenvalue weighted by Gasteiger charge is 2.16. The van der Waals surface area contributed by atoms with E-state index >= 15 is 0 Å². The lowest BCUT2D eigenvalue weighted by atomic mass is 9.89. The van der Waals surface area contributed by atoms with Crippen LogP contribution in [0.5, 0.6) is 5.75 Å². The number of ether oxygens (including phenoxy) is 1. The molecule has 1 aromatic carbocycles. The van der Waals surface area contributed by atoms with E-state index in [9.17, 15) is 5.11 Å². The second kappa shape index (κ2) is 6.31. The van der Waals surface area contributed by atoms with Crippen LogP contribution in [0.25, 0.3) is 10.8 Å². The Bertz CT molecular complexity index is 605. The predicted octanol–water partition coefficient (Wildman–Crippen LogP) is 3.45. The molecule has 0 fully saturated rings. The minimum atomic E-state index is -0.389. The summed E-state index contributed by atoms with van der Waals surface area (Å²) in [6, 6.07) is 7.84. The maximum absolute atomic E-state index is 10.1. The van der Waals surface area contributed by atoms with E-state index in [0.717, 1.165) is 28.8 Å². The molecule has 0 aliphatic rings. The standard InChI is InChI=1S/C17H24N2O2/c1-17(2,3)10-13(20)11-19-16-15-6-5-14(21-4)9-12(15)7-8-18-16/h5-9,13,20H,10-11H2,1-4H3,(H,18,19). The second-order valence-corrected chi connectivity index (χ2v) is 6.55. The molecule has 0 aliphatic heterocycles. The van der Waals surface area contributed by atoms with Gasteiger partial charge >= 0.3 is 0 Å². The fourth-order valence-corrected chi connectivity index (χ4v) is 2.42. The van der Waals surface area contributed by atoms with Crippen LogP contribution in [0, 0.1) is 5.41 Å². The lowest BCUT2D eigenvalue weighted by molar-refractivity contribution is 0.132. The quantitative estimate of drug-likeness (QED) is 0.884. The van der Waals surface area contributed by atoms with E-state index in [-0.39, 0.29) is 11.5 Å². The number of aromatic nitrogens is 1. The first kappa shape index (κ1) is 15.6. The van der Waals surface area contributed by atoms with E-state index in [1.165, 1.54) is 0 Å². The molecule has 1 aromatic heterocycles. The van der Waals surface area contributed by atoms with Crippen molar-refractivity contribution in [3.63, 3.8) is 0 Å². The van der Waals surface area contributed by atoms with E-state index in [0.29, 0.717) is 6.54 Å². The van der Waals surface area contributed by atoms with Gasteiger partial charge in [-0.25, -0.2) is 4.98 Å². The van der Waals surface area contributed by atoms with Gasteiger partial charge in [-0.3, -0.25) is 0 Å². The molecule has 0 saturated heterocycles. The molecule has 1 atom stereocenters. The summed E-state index contributed by atoms with van der Waals surface area (Å²) in [5.74, 6) is 1.62. The van der Waals surface area contributed by atoms with Crippen LogP contribution in [0.1, 0.15) is 27.2 Å². The highest BCUT2D eigenvalue weighted by molar-refractivity contribution is 5.92. The second-order valence-electron chi connectivity index (χ2n) is 6.55. The van der Waals surface area contributed by atoms with Crippen molar-refractivity contribution in [1.29, 1.82) is 0 Å². The van der Waals surface area contributed by atoms with Crippen LogP contribution < -0.4 is 10.1 Å². The number of fused-ring (bicyclic) bond motifs is 1. The molecule has 1 unspecified atom stereocenters. The van der Waals surface area contributed by atoms with Crippen molar-refractivity contribution >= 4 is 16.6 Å². The molecule has 114 valence electrons. The molecule has 0 amide bonds. The molecule has 0 radical (unpaired) electrons. The lowest BCUT2D eigenvalue weighted by Gasteiger charge is -2.22. The molecule has 0 saturated carbocycles. The van der Waals surface area contributed by atoms with Gasteiger partial charge in [0, 0.05) is 18.1 Å². The van der Waals surface area contributed by atoms with Crippen molar-refractivity contribution in [2.75, 3.05) is 19.0 Å². The van der Waals surface area contributed by atoms with Crippen molar-refractivity contribution in [2.24, 2.45) is 5.41 Å². The molecule has 0 aliphatic carbocycles. The smallest absolute Gasteiger partial charge is 0.133 e. The highest BCUT2D eigenvalue weighted by Crippen LogP contribution is 2.26. The number of anilines is 1. The molecule has 0 bridgehead atoms. The van der Waals surface area contributed by atoms with Crippen molar-refractivity contribution < 1.29 is 9.84 Å². The molecular weight excluding hydrogens is 264 g/mol. The molecule has 2 aromatic rings. The third kappa shape index (κ3) is 4.33. The van der Waals surface area contributed by atoms with Gasteiger partial charge < -0.3 is 15.2 Å². The number of pyridine rings is 1. The van der Waals surface area contributed by atoms with Crippen LogP contribution in [-0.2, 0) is 0 Å². The minimum Gasteiger partial charge on any atom is -0.497 e. The number of hydrogen-bond acceptors (Lipinski definition) is 4. The van der Waals surface area contributed by atoms with Gasteiger partial charge in [0.25, 0.3) is 0 Å². The van der Waals surface area contributed by atoms with E-state index in [4.69, 9.17) is 4.74 Å². The molecule has 1 heterocycles. The van der Waals surface area contributed by atoms with Crippen LogP contribution in [0.3, 0.4) is 0 Å². The van der Waals surface area contributed by atoms with Gasteiger partial charge in [-0.2, -0.15) is 0 Å². The first-order valence-corrected chi connectivity index (χ1v) is 7.24. The Morgan fingerprint density at radius 3 is 2.71 bits per heavy atom. The summed E-state index contributed by atoms with van der Waals surface area (Å²) in [4.78, 5) is 4.37. The van der Waals surface area contributed by atoms with Crippen LogP contribution in [-0.4, -0.2) is 29.8 Å². The molecule has 2 rings (SSSR count). The van der Waals surface area contributed by atoms with Gasteiger partial charge in [-0.15, -0.1) is 0 Å². The van der Waals surface area contributed by atoms with Crippen molar-refractivity contribution in [3.05, 3.63) is 30.5 Å². The monoisotopic (exact) mass is 288 g/mol. The first-order valence-electron chi connectivity index (χ1n) is 7.24. The Morgan fingerprint density at radius 2 is 2.05 bits per heavy atom. The van der Waals surface area contributed by atoms with Crippen molar-refractivity contribution in [1.82, 2.24) is 4.98 Å². The van der Waals surface area contributed by atoms with Crippen LogP contribution in [0.2, 0.25) is 0 Å². The number of aliphatic hydroxyl groups excluding tert-OH is 1. The number of nitrogens with zero attached hydrogens (tertiary/aromatic N) is 1. The van der Waals surface area contributed by atoms with Crippen LogP contribution in [0.4, 0.5) is 5.82 Å². The third-order valence-electron chi connectivity index (χ3n) is 3.32. The summed E-state index contributed by atoms with van der Waals surface area (Å²) in [5, 5.41) is 15.4. The zero-order valence-corrected chi connectivity index (χ0v) is 13.2. The average molecular weight is 288 g/mol. The van der Waals surface area contributed by atoms with E-state index in [2.05, 4.69) is 31.1 Å². The zero-order chi connectivity index (χ0) is 15.5. The third-order valence-corrected chi connectivity index (χ3v) is 3.32. The van der Waals surface area contributed by atoms with Gasteiger partial charge in [0.05, 0.1) is 13.2 Å². The summed E-state index contributed by atoms with van der Waals surface area (Å²) in [7, 11) is 1.66. The number of hydrogen-bond donors (Lipinski definition) is 2. The first-order chi connectivity index (χ1) is 9.89. The lowest BCUT2D eigenvalue weighted by Crippen LogP contribution is -2.25. The number of aliphatic hydroxyl groups is 1. The molecule has 4 nitrogen and oxygen atoms in total. The van der Waals surface area contributed by atoms with Gasteiger partial charge in [0.1, 0.15) is 11.6 Å². The van der Waals surface area contributed by atoms with Gasteiger partial charge in [0.15, 0.2) is 0 Å². The molecule has 21 heavy (non-hydrogen) atoms. The number of rotatable bonds is 5. The van der Waals surface area contributed by atoms with E-state index < -0.39 is 0 Å². The molecule has 4 heteroatoms. The van der Waals surface area contributed by atoms with E-state index in [1.807, 2.05) is 24.3 Å². The Hall–Kier alpha value is -1.81. The molecule has 2 N–H and O–H groups in total. The summed E-state index contributed by atoms with van der Waals surface area (Å²) in [6.45, 7) is 6.87. The number of nitrogens with one attached hydrogen (secondary N) is 1. The summed E-state index contributed by atoms with van der Waals surface area (Å²) in [6.07, 6.45) is 2.12. The van der Waals surface area contributed by atoms with Gasteiger partial charge in [-0.1, -0.05) is 20.8 Å². The fourth-order valence-electron chi connectivity index (χ4n) is 2.42. The van der Waals surface area contributed by atoms with E-state index in [1.54, 1.807) is 13.3 Å². The number of methoxy groups -OCH3 is 1. The summed E-state index contributed by atoms with van der Waals surface area (Å²) >= 11 is 0. The normalized spacial score (nSPS) is 13.2. The Kier molecular flexibility index (Phi) is 4.68. The predicted molar refractivity (Wildman–Crippen MR) is 86.9 cm³/mol. The molecule has 0 spiro atoms. The molecular formula is C17H24N2O2. The summed E-state index contributed by atoms with van der Waals surface area (Å²) < 4.78 is 5.23. The Morgan fingerprint density at radius 1 is 1.29 bits per heavy atom. The van der Waals surface area contributed by atoms with Crippen molar-refractivity contribution in [3.8, 4) is 5.75 Å². The Balaban J connectivity index is 2.12. The van der Waals surface area contributed by atoms with Crippen LogP contribution >= 0.6 is 0 Å². The fraction of sp³-hybridized carbons (Fsp3) is 0.471. The maximum Gasteiger partial charge on any atom is 0.133 e. The van der Waals surface area contributed by atoms with Gasteiger partial charge in [0.2, 0.25) is 0 Å². The van der Waals surface area contributed by atoms with Gasteiger partial charge in [-0.05, 0) is 41.5 Å². The SMILES string of the molecule is COc1ccc2c(NCC(O)CC(C)(C)C)nccc2c1. The largest absolute Gasteiger partial charge is 0.497 e. The zero-order valence-electron chi connectivity index (χ0n) is 13.2. The number of benzene rings is 1.